The Kier molecular flexibility index (Phi) is 5.97. The quantitative estimate of drug-likeness (QED) is 0.790. The van der Waals surface area contributed by atoms with Crippen molar-refractivity contribution in [1.82, 2.24) is 0 Å². The fourth-order valence-electron chi connectivity index (χ4n) is 1.75. The lowest BCUT2D eigenvalue weighted by Gasteiger charge is -2.12. The lowest BCUT2D eigenvalue weighted by Crippen LogP contribution is -2.01. The Balaban J connectivity index is 2.99. The second-order valence-electron chi connectivity index (χ2n) is 3.87. The first kappa shape index (κ1) is 14.0. The monoisotopic (exact) mass is 240 g/mol. The fraction of sp³-hybridized carbons (Fsp3) is 0.538. The maximum Gasteiger partial charge on any atom is 0.124 e. The molecule has 1 aromatic rings. The number of hydrogen-bond donors (Lipinski definition) is 1. The van der Waals surface area contributed by atoms with E-state index >= 15 is 0 Å². The van der Waals surface area contributed by atoms with E-state index in [2.05, 4.69) is 0 Å². The van der Waals surface area contributed by atoms with Crippen LogP contribution in [0.15, 0.2) is 12.1 Å². The molecule has 0 aliphatic carbocycles. The number of methoxy groups -OCH3 is 3. The molecule has 0 heterocycles. The normalized spacial score (nSPS) is 10.8. The van der Waals surface area contributed by atoms with Crippen LogP contribution in [-0.2, 0) is 33.8 Å². The molecule has 4 heteroatoms. The van der Waals surface area contributed by atoms with Crippen molar-refractivity contribution in [3.63, 3.8) is 0 Å². The largest absolute Gasteiger partial charge is 0.507 e. The summed E-state index contributed by atoms with van der Waals surface area (Å²) in [6.07, 6.45) is 0.677. The first-order valence-corrected chi connectivity index (χ1v) is 5.53. The minimum Gasteiger partial charge on any atom is -0.507 e. The van der Waals surface area contributed by atoms with Gasteiger partial charge >= 0.3 is 0 Å². The summed E-state index contributed by atoms with van der Waals surface area (Å²) in [5.41, 5.74) is 2.69. The second kappa shape index (κ2) is 7.27. The molecule has 0 radical (unpaired) electrons. The van der Waals surface area contributed by atoms with E-state index in [0.29, 0.717) is 32.0 Å². The number of phenols is 1. The van der Waals surface area contributed by atoms with Crippen molar-refractivity contribution < 1.29 is 19.3 Å². The van der Waals surface area contributed by atoms with Gasteiger partial charge < -0.3 is 19.3 Å². The molecule has 0 bridgehead atoms. The van der Waals surface area contributed by atoms with Gasteiger partial charge in [-0.05, 0) is 29.7 Å². The molecule has 0 amide bonds. The second-order valence-corrected chi connectivity index (χ2v) is 3.87. The number of rotatable bonds is 7. The van der Waals surface area contributed by atoms with Crippen molar-refractivity contribution in [3.8, 4) is 5.75 Å². The van der Waals surface area contributed by atoms with Gasteiger partial charge in [0.15, 0.2) is 0 Å². The Morgan fingerprint density at radius 1 is 0.941 bits per heavy atom. The lowest BCUT2D eigenvalue weighted by atomic mass is 10.0. The molecule has 0 aliphatic rings. The van der Waals surface area contributed by atoms with Gasteiger partial charge in [-0.1, -0.05) is 0 Å². The Morgan fingerprint density at radius 3 is 2.18 bits per heavy atom. The Bertz CT molecular complexity index is 350. The van der Waals surface area contributed by atoms with E-state index in [4.69, 9.17) is 14.2 Å². The topological polar surface area (TPSA) is 47.9 Å². The summed E-state index contributed by atoms with van der Waals surface area (Å²) in [5.74, 6) is 0.295. The molecule has 0 aliphatic heterocycles. The Labute approximate surface area is 102 Å². The van der Waals surface area contributed by atoms with Crippen LogP contribution in [0.5, 0.6) is 5.75 Å². The van der Waals surface area contributed by atoms with E-state index < -0.39 is 0 Å². The molecule has 0 fully saturated rings. The molecule has 0 saturated heterocycles. The van der Waals surface area contributed by atoms with Gasteiger partial charge in [0.25, 0.3) is 0 Å². The molecule has 0 aromatic heterocycles. The van der Waals surface area contributed by atoms with Crippen molar-refractivity contribution in [3.05, 3.63) is 28.8 Å². The van der Waals surface area contributed by atoms with Crippen molar-refractivity contribution >= 4 is 0 Å². The minimum atomic E-state index is 0.295. The van der Waals surface area contributed by atoms with Crippen molar-refractivity contribution in [2.45, 2.75) is 19.6 Å². The third-order valence-corrected chi connectivity index (χ3v) is 2.51. The molecule has 96 valence electrons. The Morgan fingerprint density at radius 2 is 1.59 bits per heavy atom. The average Bonchev–Trinajstić information content (AvgIpc) is 2.32. The molecule has 4 nitrogen and oxygen atoms in total. The summed E-state index contributed by atoms with van der Waals surface area (Å²) < 4.78 is 15.2. The molecule has 1 aromatic carbocycles. The molecule has 0 saturated carbocycles. The maximum absolute atomic E-state index is 10.1. The highest BCUT2D eigenvalue weighted by atomic mass is 16.5. The number of ether oxygens (including phenoxy) is 3. The third kappa shape index (κ3) is 4.00. The zero-order valence-electron chi connectivity index (χ0n) is 10.7. The average molecular weight is 240 g/mol. The van der Waals surface area contributed by atoms with Crippen LogP contribution in [-0.4, -0.2) is 33.0 Å². The third-order valence-electron chi connectivity index (χ3n) is 2.51. The standard InChI is InChI=1S/C13H20O4/c1-15-5-4-11-6-10(8-16-2)7-12(9-17-3)13(11)14/h6-7,14H,4-5,8-9H2,1-3H3. The molecule has 0 atom stereocenters. The number of phenolic OH excluding ortho intramolecular Hbond substituents is 1. The minimum absolute atomic E-state index is 0.295. The van der Waals surface area contributed by atoms with Crippen LogP contribution in [0.2, 0.25) is 0 Å². The summed E-state index contributed by atoms with van der Waals surface area (Å²) in [6, 6.07) is 3.84. The van der Waals surface area contributed by atoms with Crippen LogP contribution < -0.4 is 0 Å². The van der Waals surface area contributed by atoms with Crippen LogP contribution in [0.4, 0.5) is 0 Å². The number of aromatic hydroxyl groups is 1. The number of hydrogen-bond acceptors (Lipinski definition) is 4. The molecule has 0 spiro atoms. The lowest BCUT2D eigenvalue weighted by molar-refractivity contribution is 0.177. The van der Waals surface area contributed by atoms with E-state index in [-0.39, 0.29) is 0 Å². The van der Waals surface area contributed by atoms with Crippen LogP contribution in [0.1, 0.15) is 16.7 Å². The van der Waals surface area contributed by atoms with Gasteiger partial charge in [-0.2, -0.15) is 0 Å². The predicted molar refractivity (Wildman–Crippen MR) is 65.1 cm³/mol. The predicted octanol–water partition coefficient (Wildman–Crippen LogP) is 1.87. The molecule has 0 unspecified atom stereocenters. The van der Waals surface area contributed by atoms with E-state index in [9.17, 15) is 5.11 Å². The first-order chi connectivity index (χ1) is 8.22. The zero-order valence-corrected chi connectivity index (χ0v) is 10.7. The van der Waals surface area contributed by atoms with Gasteiger partial charge in [-0.25, -0.2) is 0 Å². The molecule has 17 heavy (non-hydrogen) atoms. The summed E-state index contributed by atoms with van der Waals surface area (Å²) in [7, 11) is 4.90. The first-order valence-electron chi connectivity index (χ1n) is 5.53. The van der Waals surface area contributed by atoms with Crippen molar-refractivity contribution in [2.75, 3.05) is 27.9 Å². The van der Waals surface area contributed by atoms with Gasteiger partial charge in [-0.3, -0.25) is 0 Å². The SMILES string of the molecule is COCCc1cc(COC)cc(COC)c1O. The maximum atomic E-state index is 10.1. The van der Waals surface area contributed by atoms with E-state index in [0.717, 1.165) is 16.7 Å². The van der Waals surface area contributed by atoms with Gasteiger partial charge in [0.1, 0.15) is 5.75 Å². The summed E-state index contributed by atoms with van der Waals surface area (Å²) in [6.45, 7) is 1.50. The fourth-order valence-corrected chi connectivity index (χ4v) is 1.75. The highest BCUT2D eigenvalue weighted by Crippen LogP contribution is 2.26. The summed E-state index contributed by atoms with van der Waals surface area (Å²) in [4.78, 5) is 0. The molecule has 1 N–H and O–H groups in total. The van der Waals surface area contributed by atoms with Crippen molar-refractivity contribution in [1.29, 1.82) is 0 Å². The van der Waals surface area contributed by atoms with Crippen LogP contribution in [0, 0.1) is 0 Å². The summed E-state index contributed by atoms with van der Waals surface area (Å²) in [5, 5.41) is 10.1. The zero-order chi connectivity index (χ0) is 12.7. The van der Waals surface area contributed by atoms with Crippen LogP contribution in [0.3, 0.4) is 0 Å². The Hall–Kier alpha value is -1.10. The van der Waals surface area contributed by atoms with Gasteiger partial charge in [0.05, 0.1) is 19.8 Å². The van der Waals surface area contributed by atoms with Gasteiger partial charge in [-0.15, -0.1) is 0 Å². The van der Waals surface area contributed by atoms with Gasteiger partial charge in [0.2, 0.25) is 0 Å². The van der Waals surface area contributed by atoms with Crippen LogP contribution in [0.25, 0.3) is 0 Å². The van der Waals surface area contributed by atoms with E-state index in [1.807, 2.05) is 12.1 Å². The number of benzene rings is 1. The van der Waals surface area contributed by atoms with E-state index in [1.165, 1.54) is 0 Å². The van der Waals surface area contributed by atoms with Crippen LogP contribution >= 0.6 is 0 Å². The van der Waals surface area contributed by atoms with Crippen molar-refractivity contribution in [2.24, 2.45) is 0 Å². The highest BCUT2D eigenvalue weighted by molar-refractivity contribution is 5.43. The molecular weight excluding hydrogens is 220 g/mol. The summed E-state index contributed by atoms with van der Waals surface area (Å²) >= 11 is 0. The van der Waals surface area contributed by atoms with E-state index in [1.54, 1.807) is 21.3 Å². The molecular formula is C13H20O4. The highest BCUT2D eigenvalue weighted by Gasteiger charge is 2.10. The molecule has 1 rings (SSSR count). The van der Waals surface area contributed by atoms with Gasteiger partial charge in [0, 0.05) is 26.9 Å². The smallest absolute Gasteiger partial charge is 0.124 e.